The Bertz CT molecular complexity index is 763. The maximum absolute atomic E-state index is 12.5. The maximum atomic E-state index is 12.5. The van der Waals surface area contributed by atoms with Gasteiger partial charge < -0.3 is 4.74 Å². The predicted octanol–water partition coefficient (Wildman–Crippen LogP) is 5.30. The second-order valence-electron chi connectivity index (χ2n) is 7.19. The number of hydrogen-bond donors (Lipinski definition) is 0. The van der Waals surface area contributed by atoms with Crippen LogP contribution in [0.3, 0.4) is 0 Å². The van der Waals surface area contributed by atoms with Crippen LogP contribution in [-0.4, -0.2) is 22.3 Å². The molecule has 0 saturated heterocycles. The van der Waals surface area contributed by atoms with Crippen LogP contribution in [0.5, 0.6) is 5.75 Å². The Hall–Kier alpha value is -1.62. The molecule has 1 aromatic carbocycles. The Morgan fingerprint density at radius 3 is 2.48 bits per heavy atom. The van der Waals surface area contributed by atoms with E-state index >= 15 is 0 Å². The molecule has 0 bridgehead atoms. The molecule has 0 spiro atoms. The summed E-state index contributed by atoms with van der Waals surface area (Å²) in [5, 5.41) is 4.41. The van der Waals surface area contributed by atoms with Crippen LogP contribution in [0.1, 0.15) is 60.9 Å². The summed E-state index contributed by atoms with van der Waals surface area (Å²) >= 11 is 3.52. The maximum Gasteiger partial charge on any atom is 0.284 e. The van der Waals surface area contributed by atoms with Crippen LogP contribution in [0.2, 0.25) is 0 Å². The van der Waals surface area contributed by atoms with E-state index in [1.807, 2.05) is 32.0 Å². The summed E-state index contributed by atoms with van der Waals surface area (Å²) < 4.78 is 8.05. The average Bonchev–Trinajstić information content (AvgIpc) is 2.81. The molecule has 4 nitrogen and oxygen atoms in total. The Morgan fingerprint density at radius 1 is 1.24 bits per heavy atom. The van der Waals surface area contributed by atoms with Crippen LogP contribution < -0.4 is 4.74 Å². The van der Waals surface area contributed by atoms with E-state index in [1.54, 1.807) is 0 Å². The zero-order chi connectivity index (χ0) is 18.7. The molecular formula is C20H27BrN2O2. The number of aromatic nitrogens is 2. The number of rotatable bonds is 6. The zero-order valence-corrected chi connectivity index (χ0v) is 17.5. The highest BCUT2D eigenvalue weighted by Gasteiger charge is 2.18. The molecule has 0 aliphatic heterocycles. The molecule has 136 valence electrons. The number of halogens is 1. The number of carbonyl (C=O) groups is 1. The molecule has 0 unspecified atom stereocenters. The smallest absolute Gasteiger partial charge is 0.284 e. The fraction of sp³-hybridized carbons (Fsp3) is 0.500. The second-order valence-corrected chi connectivity index (χ2v) is 8.04. The highest BCUT2D eigenvalue weighted by molar-refractivity contribution is 9.10. The van der Waals surface area contributed by atoms with Gasteiger partial charge in [-0.15, -0.1) is 0 Å². The Morgan fingerprint density at radius 2 is 1.92 bits per heavy atom. The van der Waals surface area contributed by atoms with Crippen LogP contribution in [0, 0.1) is 19.8 Å². The normalized spacial score (nSPS) is 11.4. The van der Waals surface area contributed by atoms with Gasteiger partial charge in [-0.3, -0.25) is 4.79 Å². The molecule has 5 heteroatoms. The van der Waals surface area contributed by atoms with Crippen LogP contribution in [0.4, 0.5) is 0 Å². The van der Waals surface area contributed by atoms with E-state index in [4.69, 9.17) is 4.74 Å². The van der Waals surface area contributed by atoms with Gasteiger partial charge in [-0.2, -0.15) is 5.10 Å². The fourth-order valence-electron chi connectivity index (χ4n) is 2.82. The van der Waals surface area contributed by atoms with Crippen molar-refractivity contribution in [3.63, 3.8) is 0 Å². The molecule has 25 heavy (non-hydrogen) atoms. The van der Waals surface area contributed by atoms with Gasteiger partial charge in [-0.25, -0.2) is 4.68 Å². The summed E-state index contributed by atoms with van der Waals surface area (Å²) in [5.41, 5.74) is 4.21. The van der Waals surface area contributed by atoms with Crippen molar-refractivity contribution in [1.29, 1.82) is 0 Å². The van der Waals surface area contributed by atoms with E-state index in [0.717, 1.165) is 27.8 Å². The molecule has 0 aliphatic carbocycles. The minimum absolute atomic E-state index is 0.0390. The number of benzene rings is 1. The minimum Gasteiger partial charge on any atom is -0.483 e. The van der Waals surface area contributed by atoms with Crippen molar-refractivity contribution in [3.8, 4) is 5.75 Å². The molecule has 0 fully saturated rings. The molecule has 0 N–H and O–H groups in total. The second kappa shape index (κ2) is 8.17. The zero-order valence-electron chi connectivity index (χ0n) is 15.9. The third kappa shape index (κ3) is 4.72. The van der Waals surface area contributed by atoms with Crippen LogP contribution in [-0.2, 0) is 6.42 Å². The van der Waals surface area contributed by atoms with Crippen molar-refractivity contribution < 1.29 is 9.53 Å². The lowest BCUT2D eigenvalue weighted by Crippen LogP contribution is -2.22. The molecule has 0 aliphatic rings. The monoisotopic (exact) mass is 406 g/mol. The Balaban J connectivity index is 2.11. The lowest BCUT2D eigenvalue weighted by Gasteiger charge is -2.11. The van der Waals surface area contributed by atoms with E-state index in [1.165, 1.54) is 10.2 Å². The quantitative estimate of drug-likeness (QED) is 0.653. The van der Waals surface area contributed by atoms with E-state index in [2.05, 4.69) is 48.7 Å². The SMILES string of the molecule is Cc1nn(C(=O)COc2ccc(C(C)C)cc2Br)c(C)c1CC(C)C. The number of hydrogen-bond acceptors (Lipinski definition) is 3. The van der Waals surface area contributed by atoms with E-state index in [0.29, 0.717) is 17.6 Å². The van der Waals surface area contributed by atoms with Crippen molar-refractivity contribution in [2.75, 3.05) is 6.61 Å². The first-order valence-corrected chi connectivity index (χ1v) is 9.50. The summed E-state index contributed by atoms with van der Waals surface area (Å²) in [7, 11) is 0. The molecule has 0 atom stereocenters. The summed E-state index contributed by atoms with van der Waals surface area (Å²) in [5.74, 6) is 1.48. The summed E-state index contributed by atoms with van der Waals surface area (Å²) in [6.45, 7) is 12.5. The standard InChI is InChI=1S/C20H27BrN2O2/c1-12(2)9-17-14(5)22-23(15(17)6)20(24)11-25-19-8-7-16(13(3)4)10-18(19)21/h7-8,10,12-13H,9,11H2,1-6H3. The van der Waals surface area contributed by atoms with Crippen LogP contribution in [0.25, 0.3) is 0 Å². The van der Waals surface area contributed by atoms with Crippen LogP contribution in [0.15, 0.2) is 22.7 Å². The minimum atomic E-state index is -0.157. The topological polar surface area (TPSA) is 44.1 Å². The summed E-state index contributed by atoms with van der Waals surface area (Å²) in [4.78, 5) is 12.5. The van der Waals surface area contributed by atoms with Gasteiger partial charge in [0.25, 0.3) is 5.91 Å². The van der Waals surface area contributed by atoms with Gasteiger partial charge >= 0.3 is 0 Å². The first-order valence-electron chi connectivity index (χ1n) is 8.71. The van der Waals surface area contributed by atoms with Gasteiger partial charge in [0.05, 0.1) is 10.2 Å². The lowest BCUT2D eigenvalue weighted by molar-refractivity contribution is 0.0817. The number of ether oxygens (including phenoxy) is 1. The van der Waals surface area contributed by atoms with Gasteiger partial charge in [0.2, 0.25) is 0 Å². The first kappa shape index (κ1) is 19.7. The molecule has 2 aromatic rings. The van der Waals surface area contributed by atoms with Gasteiger partial charge in [0.1, 0.15) is 5.75 Å². The van der Waals surface area contributed by atoms with Crippen molar-refractivity contribution in [2.45, 2.75) is 53.9 Å². The van der Waals surface area contributed by atoms with E-state index in [9.17, 15) is 4.79 Å². The highest BCUT2D eigenvalue weighted by Crippen LogP contribution is 2.29. The summed E-state index contributed by atoms with van der Waals surface area (Å²) in [6, 6.07) is 5.96. The third-order valence-electron chi connectivity index (χ3n) is 4.26. The molecule has 1 heterocycles. The number of nitrogens with zero attached hydrogens (tertiary/aromatic N) is 2. The van der Waals surface area contributed by atoms with Gasteiger partial charge in [-0.1, -0.05) is 33.8 Å². The summed E-state index contributed by atoms with van der Waals surface area (Å²) in [6.07, 6.45) is 0.925. The van der Waals surface area contributed by atoms with E-state index < -0.39 is 0 Å². The molecule has 0 saturated carbocycles. The first-order chi connectivity index (χ1) is 11.7. The molecule has 0 radical (unpaired) electrons. The fourth-order valence-corrected chi connectivity index (χ4v) is 3.33. The van der Waals surface area contributed by atoms with Crippen LogP contribution >= 0.6 is 15.9 Å². The van der Waals surface area contributed by atoms with Gasteiger partial charge in [0, 0.05) is 5.69 Å². The molecule has 0 amide bonds. The van der Waals surface area contributed by atoms with Crippen molar-refractivity contribution >= 4 is 21.8 Å². The average molecular weight is 407 g/mol. The lowest BCUT2D eigenvalue weighted by atomic mass is 10.0. The number of aryl methyl sites for hydroxylation is 1. The third-order valence-corrected chi connectivity index (χ3v) is 4.88. The van der Waals surface area contributed by atoms with Gasteiger partial charge in [0.15, 0.2) is 6.61 Å². The van der Waals surface area contributed by atoms with Gasteiger partial charge in [-0.05, 0) is 71.3 Å². The van der Waals surface area contributed by atoms with E-state index in [-0.39, 0.29) is 12.5 Å². The van der Waals surface area contributed by atoms with Crippen molar-refractivity contribution in [1.82, 2.24) is 9.78 Å². The molecular weight excluding hydrogens is 380 g/mol. The predicted molar refractivity (Wildman–Crippen MR) is 105 cm³/mol. The Kier molecular flexibility index (Phi) is 6.44. The molecule has 2 rings (SSSR count). The highest BCUT2D eigenvalue weighted by atomic mass is 79.9. The van der Waals surface area contributed by atoms with Crippen molar-refractivity contribution in [3.05, 3.63) is 45.2 Å². The Labute approximate surface area is 158 Å². The van der Waals surface area contributed by atoms with Crippen molar-refractivity contribution in [2.24, 2.45) is 5.92 Å². The number of carbonyl (C=O) groups excluding carboxylic acids is 1. The largest absolute Gasteiger partial charge is 0.483 e. The molecule has 1 aromatic heterocycles.